The van der Waals surface area contributed by atoms with E-state index in [0.29, 0.717) is 18.0 Å². The topological polar surface area (TPSA) is 45.0 Å². The van der Waals surface area contributed by atoms with E-state index in [1.807, 2.05) is 30.3 Å². The molecule has 102 valence electrons. The van der Waals surface area contributed by atoms with Gasteiger partial charge >= 0.3 is 0 Å². The third-order valence-corrected chi connectivity index (χ3v) is 3.03. The number of nitrogens with zero attached hydrogens (tertiary/aromatic N) is 1. The largest absolute Gasteiger partial charge is 0.497 e. The molecule has 0 aromatic heterocycles. The first kappa shape index (κ1) is 13.9. The summed E-state index contributed by atoms with van der Waals surface area (Å²) in [4.78, 5) is 0. The van der Waals surface area contributed by atoms with Crippen molar-refractivity contribution in [2.45, 2.75) is 5.92 Å². The van der Waals surface area contributed by atoms with E-state index in [-0.39, 0.29) is 11.7 Å². The van der Waals surface area contributed by atoms with Crippen LogP contribution in [0.1, 0.15) is 11.5 Å². The second-order valence-electron chi connectivity index (χ2n) is 4.32. The predicted octanol–water partition coefficient (Wildman–Crippen LogP) is 3.55. The number of methoxy groups -OCH3 is 1. The number of hydrogen-bond acceptors (Lipinski definition) is 3. The highest BCUT2D eigenvalue weighted by atomic mass is 19.1. The molecule has 0 aliphatic rings. The third kappa shape index (κ3) is 3.27. The Morgan fingerprint density at radius 2 is 2.00 bits per heavy atom. The van der Waals surface area contributed by atoms with Crippen molar-refractivity contribution in [1.82, 2.24) is 0 Å². The van der Waals surface area contributed by atoms with Gasteiger partial charge in [0.15, 0.2) is 0 Å². The number of nitrogens with one attached hydrogen (secondary N) is 1. The first-order valence-electron chi connectivity index (χ1n) is 6.26. The highest BCUT2D eigenvalue weighted by Gasteiger charge is 2.11. The summed E-state index contributed by atoms with van der Waals surface area (Å²) in [5.74, 6) is -0.125. The molecule has 2 rings (SSSR count). The zero-order chi connectivity index (χ0) is 14.4. The Morgan fingerprint density at radius 1 is 1.25 bits per heavy atom. The molecular formula is C16H15FN2O. The van der Waals surface area contributed by atoms with Crippen molar-refractivity contribution in [3.05, 3.63) is 59.9 Å². The fourth-order valence-electron chi connectivity index (χ4n) is 1.90. The average molecular weight is 270 g/mol. The maximum absolute atomic E-state index is 13.7. The van der Waals surface area contributed by atoms with E-state index in [2.05, 4.69) is 11.4 Å². The van der Waals surface area contributed by atoms with Crippen molar-refractivity contribution in [1.29, 1.82) is 5.26 Å². The van der Waals surface area contributed by atoms with Gasteiger partial charge in [-0.3, -0.25) is 0 Å². The molecule has 0 radical (unpaired) electrons. The predicted molar refractivity (Wildman–Crippen MR) is 76.2 cm³/mol. The van der Waals surface area contributed by atoms with Gasteiger partial charge in [-0.05, 0) is 17.7 Å². The molecule has 4 heteroatoms. The number of nitriles is 1. The fraction of sp³-hybridized carbons (Fsp3) is 0.188. The molecule has 2 aromatic carbocycles. The lowest BCUT2D eigenvalue weighted by Crippen LogP contribution is -2.12. The van der Waals surface area contributed by atoms with Crippen LogP contribution < -0.4 is 10.1 Å². The lowest BCUT2D eigenvalue weighted by molar-refractivity contribution is 0.414. The Morgan fingerprint density at radius 3 is 2.65 bits per heavy atom. The summed E-state index contributed by atoms with van der Waals surface area (Å²) in [6, 6.07) is 16.1. The van der Waals surface area contributed by atoms with Gasteiger partial charge < -0.3 is 10.1 Å². The minimum Gasteiger partial charge on any atom is -0.497 e. The number of ether oxygens (including phenoxy) is 1. The summed E-state index contributed by atoms with van der Waals surface area (Å²) in [7, 11) is 1.53. The molecular weight excluding hydrogens is 255 g/mol. The minimum atomic E-state index is -0.365. The van der Waals surface area contributed by atoms with Crippen LogP contribution in [0.2, 0.25) is 0 Å². The summed E-state index contributed by atoms with van der Waals surface area (Å²) < 4.78 is 18.7. The molecule has 20 heavy (non-hydrogen) atoms. The molecule has 0 fully saturated rings. The van der Waals surface area contributed by atoms with E-state index in [9.17, 15) is 9.65 Å². The summed E-state index contributed by atoms with van der Waals surface area (Å²) >= 11 is 0. The molecule has 0 spiro atoms. The molecule has 1 unspecified atom stereocenters. The van der Waals surface area contributed by atoms with Gasteiger partial charge in [0.2, 0.25) is 0 Å². The Hall–Kier alpha value is -2.54. The summed E-state index contributed by atoms with van der Waals surface area (Å²) in [6.45, 7) is 0.338. The van der Waals surface area contributed by atoms with Crippen molar-refractivity contribution in [2.75, 3.05) is 19.0 Å². The van der Waals surface area contributed by atoms with E-state index in [0.717, 1.165) is 5.56 Å². The SMILES string of the molecule is COc1ccc(F)c(NCC(C#N)c2ccccc2)c1. The third-order valence-electron chi connectivity index (χ3n) is 3.03. The standard InChI is InChI=1S/C16H15FN2O/c1-20-14-7-8-15(17)16(9-14)19-11-13(10-18)12-5-3-2-4-6-12/h2-9,13,19H,11H2,1H3. The van der Waals surface area contributed by atoms with Crippen LogP contribution in [0.5, 0.6) is 5.75 Å². The molecule has 0 saturated carbocycles. The molecule has 0 amide bonds. The Kier molecular flexibility index (Phi) is 4.56. The quantitative estimate of drug-likeness (QED) is 0.903. The molecule has 0 saturated heterocycles. The monoisotopic (exact) mass is 270 g/mol. The van der Waals surface area contributed by atoms with Crippen molar-refractivity contribution >= 4 is 5.69 Å². The number of anilines is 1. The van der Waals surface area contributed by atoms with Gasteiger partial charge in [-0.1, -0.05) is 30.3 Å². The van der Waals surface area contributed by atoms with E-state index in [1.165, 1.54) is 13.2 Å². The number of benzene rings is 2. The van der Waals surface area contributed by atoms with E-state index in [4.69, 9.17) is 4.74 Å². The van der Waals surface area contributed by atoms with Crippen LogP contribution in [0.3, 0.4) is 0 Å². The van der Waals surface area contributed by atoms with Gasteiger partial charge in [0, 0.05) is 12.6 Å². The van der Waals surface area contributed by atoms with E-state index >= 15 is 0 Å². The van der Waals surface area contributed by atoms with Crippen molar-refractivity contribution in [3.63, 3.8) is 0 Å². The first-order chi connectivity index (χ1) is 9.74. The number of rotatable bonds is 5. The van der Waals surface area contributed by atoms with E-state index in [1.54, 1.807) is 12.1 Å². The Labute approximate surface area is 117 Å². The number of halogens is 1. The van der Waals surface area contributed by atoms with Crippen LogP contribution in [-0.2, 0) is 0 Å². The lowest BCUT2D eigenvalue weighted by atomic mass is 10.0. The van der Waals surface area contributed by atoms with Crippen LogP contribution in [-0.4, -0.2) is 13.7 Å². The lowest BCUT2D eigenvalue weighted by Gasteiger charge is -2.13. The molecule has 1 atom stereocenters. The van der Waals surface area contributed by atoms with Gasteiger partial charge in [0.25, 0.3) is 0 Å². The maximum Gasteiger partial charge on any atom is 0.146 e. The molecule has 0 aliphatic carbocycles. The van der Waals surface area contributed by atoms with Gasteiger partial charge in [0.05, 0.1) is 24.8 Å². The first-order valence-corrected chi connectivity index (χ1v) is 6.26. The van der Waals surface area contributed by atoms with Crippen LogP contribution >= 0.6 is 0 Å². The summed E-state index contributed by atoms with van der Waals surface area (Å²) in [5, 5.41) is 12.2. The summed E-state index contributed by atoms with van der Waals surface area (Å²) in [6.07, 6.45) is 0. The van der Waals surface area contributed by atoms with E-state index < -0.39 is 0 Å². The van der Waals surface area contributed by atoms with Crippen molar-refractivity contribution in [2.24, 2.45) is 0 Å². The normalized spacial score (nSPS) is 11.4. The second-order valence-corrected chi connectivity index (χ2v) is 4.32. The average Bonchev–Trinajstić information content (AvgIpc) is 2.50. The van der Waals surface area contributed by atoms with Gasteiger partial charge in [-0.2, -0.15) is 5.26 Å². The fourth-order valence-corrected chi connectivity index (χ4v) is 1.90. The zero-order valence-corrected chi connectivity index (χ0v) is 11.1. The zero-order valence-electron chi connectivity index (χ0n) is 11.1. The maximum atomic E-state index is 13.7. The van der Waals surface area contributed by atoms with Gasteiger partial charge in [0.1, 0.15) is 11.6 Å². The Bertz CT molecular complexity index is 608. The Balaban J connectivity index is 2.10. The van der Waals surface area contributed by atoms with Crippen molar-refractivity contribution in [3.8, 4) is 11.8 Å². The van der Waals surface area contributed by atoms with Crippen LogP contribution in [0.4, 0.5) is 10.1 Å². The van der Waals surface area contributed by atoms with Crippen molar-refractivity contribution < 1.29 is 9.13 Å². The molecule has 0 bridgehead atoms. The molecule has 0 aliphatic heterocycles. The summed E-state index contributed by atoms with van der Waals surface area (Å²) in [5.41, 5.74) is 1.24. The van der Waals surface area contributed by atoms with Crippen LogP contribution in [0, 0.1) is 17.1 Å². The van der Waals surface area contributed by atoms with Crippen LogP contribution in [0.25, 0.3) is 0 Å². The highest BCUT2D eigenvalue weighted by molar-refractivity contribution is 5.50. The highest BCUT2D eigenvalue weighted by Crippen LogP contribution is 2.22. The molecule has 0 heterocycles. The van der Waals surface area contributed by atoms with Gasteiger partial charge in [-0.25, -0.2) is 4.39 Å². The van der Waals surface area contributed by atoms with Crippen LogP contribution in [0.15, 0.2) is 48.5 Å². The molecule has 1 N–H and O–H groups in total. The molecule has 3 nitrogen and oxygen atoms in total. The minimum absolute atomic E-state index is 0.332. The number of hydrogen-bond donors (Lipinski definition) is 1. The molecule has 2 aromatic rings. The smallest absolute Gasteiger partial charge is 0.146 e. The van der Waals surface area contributed by atoms with Gasteiger partial charge in [-0.15, -0.1) is 0 Å². The second kappa shape index (κ2) is 6.58.